The SMILES string of the molecule is CCC(C)C(CC(N)=O)Nc1ccc(F)c(N2C(=O)C3=C(CCCC3)C2=O)c1. The lowest BCUT2D eigenvalue weighted by atomic mass is 9.93. The van der Waals surface area contributed by atoms with Crippen LogP contribution in [0.3, 0.4) is 0 Å². The molecule has 2 atom stereocenters. The summed E-state index contributed by atoms with van der Waals surface area (Å²) in [6.07, 6.45) is 3.81. The van der Waals surface area contributed by atoms with E-state index in [2.05, 4.69) is 5.32 Å². The molecule has 2 aliphatic rings. The zero-order valence-corrected chi connectivity index (χ0v) is 16.3. The summed E-state index contributed by atoms with van der Waals surface area (Å²) in [4.78, 5) is 37.8. The van der Waals surface area contributed by atoms with Crippen LogP contribution in [0.2, 0.25) is 0 Å². The van der Waals surface area contributed by atoms with Gasteiger partial charge in [-0.1, -0.05) is 20.3 Å². The highest BCUT2D eigenvalue weighted by Crippen LogP contribution is 2.37. The Morgan fingerprint density at radius 1 is 1.21 bits per heavy atom. The molecule has 7 heteroatoms. The number of imide groups is 1. The number of amides is 3. The fraction of sp³-hybridized carbons (Fsp3) is 0.476. The van der Waals surface area contributed by atoms with Crippen molar-refractivity contribution in [2.45, 2.75) is 58.4 Å². The van der Waals surface area contributed by atoms with Crippen molar-refractivity contribution in [2.24, 2.45) is 11.7 Å². The van der Waals surface area contributed by atoms with E-state index < -0.39 is 23.5 Å². The van der Waals surface area contributed by atoms with Crippen LogP contribution in [0.1, 0.15) is 52.4 Å². The van der Waals surface area contributed by atoms with Crippen LogP contribution < -0.4 is 16.0 Å². The van der Waals surface area contributed by atoms with E-state index in [1.807, 2.05) is 13.8 Å². The maximum Gasteiger partial charge on any atom is 0.261 e. The number of carbonyl (C=O) groups excluding carboxylic acids is 3. The molecule has 1 aromatic rings. The quantitative estimate of drug-likeness (QED) is 0.702. The van der Waals surface area contributed by atoms with E-state index in [0.29, 0.717) is 29.7 Å². The molecule has 150 valence electrons. The van der Waals surface area contributed by atoms with Gasteiger partial charge in [0.15, 0.2) is 0 Å². The molecule has 0 saturated carbocycles. The lowest BCUT2D eigenvalue weighted by molar-refractivity contribution is -0.121. The highest BCUT2D eigenvalue weighted by molar-refractivity contribution is 6.33. The average Bonchev–Trinajstić information content (AvgIpc) is 2.93. The number of nitrogens with zero attached hydrogens (tertiary/aromatic N) is 1. The molecule has 28 heavy (non-hydrogen) atoms. The Morgan fingerprint density at radius 3 is 2.36 bits per heavy atom. The molecule has 2 unspecified atom stereocenters. The van der Waals surface area contributed by atoms with Crippen LogP contribution in [0.5, 0.6) is 0 Å². The highest BCUT2D eigenvalue weighted by Gasteiger charge is 2.40. The molecule has 0 aromatic heterocycles. The minimum absolute atomic E-state index is 0.0589. The minimum Gasteiger partial charge on any atom is -0.381 e. The van der Waals surface area contributed by atoms with Gasteiger partial charge in [0.1, 0.15) is 5.82 Å². The number of halogens is 1. The molecule has 0 saturated heterocycles. The van der Waals surface area contributed by atoms with Gasteiger partial charge in [-0.05, 0) is 49.8 Å². The first-order chi connectivity index (χ1) is 13.3. The van der Waals surface area contributed by atoms with E-state index in [1.165, 1.54) is 18.2 Å². The first-order valence-corrected chi connectivity index (χ1v) is 9.78. The predicted molar refractivity (Wildman–Crippen MR) is 105 cm³/mol. The third-order valence-electron chi connectivity index (χ3n) is 5.68. The molecule has 3 rings (SSSR count). The molecule has 0 fully saturated rings. The second-order valence-electron chi connectivity index (χ2n) is 7.58. The van der Waals surface area contributed by atoms with Crippen molar-refractivity contribution in [3.05, 3.63) is 35.2 Å². The van der Waals surface area contributed by atoms with Crippen molar-refractivity contribution >= 4 is 29.1 Å². The molecule has 1 aliphatic carbocycles. The van der Waals surface area contributed by atoms with Crippen molar-refractivity contribution in [2.75, 3.05) is 10.2 Å². The second-order valence-corrected chi connectivity index (χ2v) is 7.58. The molecule has 6 nitrogen and oxygen atoms in total. The van der Waals surface area contributed by atoms with E-state index in [9.17, 15) is 18.8 Å². The summed E-state index contributed by atoms with van der Waals surface area (Å²) in [6, 6.07) is 4.00. The van der Waals surface area contributed by atoms with Crippen molar-refractivity contribution in [1.82, 2.24) is 0 Å². The van der Waals surface area contributed by atoms with Crippen molar-refractivity contribution < 1.29 is 18.8 Å². The number of carbonyl (C=O) groups is 3. The number of hydrogen-bond acceptors (Lipinski definition) is 4. The summed E-state index contributed by atoms with van der Waals surface area (Å²) in [5.74, 6) is -1.76. The summed E-state index contributed by atoms with van der Waals surface area (Å²) >= 11 is 0. The van der Waals surface area contributed by atoms with Crippen molar-refractivity contribution in [3.63, 3.8) is 0 Å². The van der Waals surface area contributed by atoms with Gasteiger partial charge in [0.2, 0.25) is 5.91 Å². The third-order valence-corrected chi connectivity index (χ3v) is 5.68. The van der Waals surface area contributed by atoms with E-state index in [1.54, 1.807) is 0 Å². The van der Waals surface area contributed by atoms with Crippen LogP contribution >= 0.6 is 0 Å². The smallest absolute Gasteiger partial charge is 0.261 e. The zero-order chi connectivity index (χ0) is 20.4. The fourth-order valence-electron chi connectivity index (χ4n) is 3.84. The lowest BCUT2D eigenvalue weighted by Crippen LogP contribution is -2.33. The zero-order valence-electron chi connectivity index (χ0n) is 16.3. The third kappa shape index (κ3) is 3.79. The summed E-state index contributed by atoms with van der Waals surface area (Å²) in [5.41, 5.74) is 6.86. The predicted octanol–water partition coefficient (Wildman–Crippen LogP) is 3.27. The van der Waals surface area contributed by atoms with Gasteiger partial charge < -0.3 is 11.1 Å². The molecule has 3 N–H and O–H groups in total. The number of rotatable bonds is 7. The number of anilines is 2. The standard InChI is InChI=1S/C21H26FN3O3/c1-3-12(2)17(11-19(23)26)24-13-8-9-16(22)18(10-13)25-20(27)14-6-4-5-7-15(14)21(25)28/h8-10,12,17,24H,3-7,11H2,1-2H3,(H2,23,26). The Hall–Kier alpha value is -2.70. The maximum absolute atomic E-state index is 14.6. The van der Waals surface area contributed by atoms with Gasteiger partial charge in [0.25, 0.3) is 11.8 Å². The molecule has 3 amide bonds. The molecule has 1 heterocycles. The summed E-state index contributed by atoms with van der Waals surface area (Å²) in [5, 5.41) is 3.21. The average molecular weight is 387 g/mol. The van der Waals surface area contributed by atoms with Gasteiger partial charge in [-0.2, -0.15) is 0 Å². The topological polar surface area (TPSA) is 92.5 Å². The van der Waals surface area contributed by atoms with Crippen molar-refractivity contribution in [1.29, 1.82) is 0 Å². The molecule has 0 radical (unpaired) electrons. The van der Waals surface area contributed by atoms with Crippen LogP contribution in [-0.2, 0) is 14.4 Å². The number of hydrogen-bond donors (Lipinski definition) is 2. The van der Waals surface area contributed by atoms with E-state index in [-0.39, 0.29) is 24.1 Å². The van der Waals surface area contributed by atoms with Crippen LogP contribution in [0, 0.1) is 11.7 Å². The largest absolute Gasteiger partial charge is 0.381 e. The van der Waals surface area contributed by atoms with Crippen LogP contribution in [0.25, 0.3) is 0 Å². The van der Waals surface area contributed by atoms with Crippen LogP contribution in [0.15, 0.2) is 29.3 Å². The first kappa shape index (κ1) is 20.0. The van der Waals surface area contributed by atoms with Gasteiger partial charge in [-0.15, -0.1) is 0 Å². The van der Waals surface area contributed by atoms with Gasteiger partial charge in [0, 0.05) is 29.3 Å². The molecule has 1 aliphatic heterocycles. The Balaban J connectivity index is 1.89. The van der Waals surface area contributed by atoms with Gasteiger partial charge in [0.05, 0.1) is 5.69 Å². The van der Waals surface area contributed by atoms with E-state index >= 15 is 0 Å². The van der Waals surface area contributed by atoms with E-state index in [0.717, 1.165) is 24.2 Å². The highest BCUT2D eigenvalue weighted by atomic mass is 19.1. The Morgan fingerprint density at radius 2 is 1.82 bits per heavy atom. The Bertz CT molecular complexity index is 821. The molecule has 0 spiro atoms. The van der Waals surface area contributed by atoms with Gasteiger partial charge in [-0.3, -0.25) is 14.4 Å². The maximum atomic E-state index is 14.6. The Labute approximate surface area is 164 Å². The number of benzene rings is 1. The number of nitrogens with two attached hydrogens (primary N) is 1. The van der Waals surface area contributed by atoms with Crippen molar-refractivity contribution in [3.8, 4) is 0 Å². The van der Waals surface area contributed by atoms with E-state index in [4.69, 9.17) is 5.73 Å². The summed E-state index contributed by atoms with van der Waals surface area (Å²) in [7, 11) is 0. The second kappa shape index (κ2) is 8.12. The normalized spacial score (nSPS) is 18.9. The van der Waals surface area contributed by atoms with Crippen LogP contribution in [-0.4, -0.2) is 23.8 Å². The number of primary amides is 1. The lowest BCUT2D eigenvalue weighted by Gasteiger charge is -2.25. The van der Waals surface area contributed by atoms with Crippen LogP contribution in [0.4, 0.5) is 15.8 Å². The first-order valence-electron chi connectivity index (χ1n) is 9.78. The molecule has 1 aromatic carbocycles. The molecular weight excluding hydrogens is 361 g/mol. The van der Waals surface area contributed by atoms with Gasteiger partial charge in [-0.25, -0.2) is 9.29 Å². The minimum atomic E-state index is -0.637. The molecular formula is C21H26FN3O3. The fourth-order valence-corrected chi connectivity index (χ4v) is 3.84. The van der Waals surface area contributed by atoms with Gasteiger partial charge >= 0.3 is 0 Å². The monoisotopic (exact) mass is 387 g/mol. The summed E-state index contributed by atoms with van der Waals surface area (Å²) < 4.78 is 14.6. The number of nitrogens with one attached hydrogen (secondary N) is 1. The molecule has 0 bridgehead atoms. The Kier molecular flexibility index (Phi) is 5.82. The summed E-state index contributed by atoms with van der Waals surface area (Å²) in [6.45, 7) is 4.00.